The van der Waals surface area contributed by atoms with Gasteiger partial charge in [0.25, 0.3) is 0 Å². The van der Waals surface area contributed by atoms with E-state index in [1.807, 2.05) is 6.92 Å². The van der Waals surface area contributed by atoms with Crippen molar-refractivity contribution in [3.05, 3.63) is 0 Å². The molecule has 0 N–H and O–H groups in total. The average Bonchev–Trinajstić information content (AvgIpc) is 1.38. The normalized spacial score (nSPS) is 5.80. The van der Waals surface area contributed by atoms with Crippen LogP contribution in [0.2, 0.25) is 0 Å². The van der Waals surface area contributed by atoms with E-state index in [0.29, 0.717) is 0 Å². The summed E-state index contributed by atoms with van der Waals surface area (Å²) in [7, 11) is 0. The van der Waals surface area contributed by atoms with Crippen molar-refractivity contribution < 1.29 is 0 Å². The van der Waals surface area contributed by atoms with Crippen molar-refractivity contribution in [1.29, 1.82) is 0 Å². The summed E-state index contributed by atoms with van der Waals surface area (Å²) in [6.07, 6.45) is 0. The Morgan fingerprint density at radius 1 is 2.00 bits per heavy atom. The van der Waals surface area contributed by atoms with Gasteiger partial charge >= 0.3 is 37.3 Å². The Kier molecular flexibility index (Phi) is 2.28. The van der Waals surface area contributed by atoms with Gasteiger partial charge in [0.2, 0.25) is 0 Å². The standard InChI is InChI=1S/C3H5BS/c1-3(5)4-2/h2H2,1H3. The van der Waals surface area contributed by atoms with Gasteiger partial charge in [-0.2, -0.15) is 0 Å². The van der Waals surface area contributed by atoms with E-state index in [1.54, 1.807) is 6.92 Å². The van der Waals surface area contributed by atoms with Crippen LogP contribution in [0.15, 0.2) is 0 Å². The molecule has 26 valence electrons. The molecule has 0 radical (unpaired) electrons. The van der Waals surface area contributed by atoms with E-state index in [2.05, 4.69) is 18.7 Å². The van der Waals surface area contributed by atoms with Gasteiger partial charge in [-0.1, -0.05) is 0 Å². The molecule has 0 saturated heterocycles. The summed E-state index contributed by atoms with van der Waals surface area (Å²) in [5, 5.41) is 0. The zero-order valence-corrected chi connectivity index (χ0v) is 4.01. The predicted molar refractivity (Wildman–Crippen MR) is 31.1 cm³/mol. The zero-order valence-electron chi connectivity index (χ0n) is 3.19. The molecule has 0 aromatic carbocycles. The quantitative estimate of drug-likeness (QED) is 0.328. The van der Waals surface area contributed by atoms with E-state index in [-0.39, 0.29) is 0 Å². The number of hydrogen-bond donors (Lipinski definition) is 0. The van der Waals surface area contributed by atoms with Crippen LogP contribution in [0.1, 0.15) is 6.92 Å². The summed E-state index contributed by atoms with van der Waals surface area (Å²) < 4.78 is 0.852. The summed E-state index contributed by atoms with van der Waals surface area (Å²) in [6.45, 7) is 6.90. The van der Waals surface area contributed by atoms with Gasteiger partial charge < -0.3 is 0 Å². The van der Waals surface area contributed by atoms with Gasteiger partial charge in [-0.15, -0.1) is 0 Å². The third-order valence-electron chi connectivity index (χ3n) is 0.287. The molecule has 0 atom stereocenters. The zero-order chi connectivity index (χ0) is 4.28. The minimum absolute atomic E-state index is 0.852. The van der Waals surface area contributed by atoms with Gasteiger partial charge in [0, 0.05) is 0 Å². The molecule has 0 aliphatic carbocycles. The van der Waals surface area contributed by atoms with Gasteiger partial charge in [-0.25, -0.2) is 0 Å². The van der Waals surface area contributed by atoms with E-state index in [0.717, 1.165) is 4.76 Å². The third kappa shape index (κ3) is 4.02. The summed E-state index contributed by atoms with van der Waals surface area (Å²) in [5.41, 5.74) is 0. The van der Waals surface area contributed by atoms with Crippen LogP contribution in [-0.4, -0.2) is 18.2 Å². The van der Waals surface area contributed by atoms with Gasteiger partial charge in [0.1, 0.15) is 0 Å². The van der Waals surface area contributed by atoms with Crippen molar-refractivity contribution in [2.45, 2.75) is 6.92 Å². The van der Waals surface area contributed by atoms with Crippen molar-refractivity contribution in [2.24, 2.45) is 0 Å². The molecule has 0 unspecified atom stereocenters. The van der Waals surface area contributed by atoms with Gasteiger partial charge in [0.15, 0.2) is 0 Å². The molecule has 0 aliphatic heterocycles. The molecule has 0 aromatic heterocycles. The van der Waals surface area contributed by atoms with Crippen LogP contribution in [0.4, 0.5) is 0 Å². The van der Waals surface area contributed by atoms with Crippen LogP contribution >= 0.6 is 12.2 Å². The Hall–Kier alpha value is 0.0249. The van der Waals surface area contributed by atoms with Crippen molar-refractivity contribution in [3.63, 3.8) is 0 Å². The van der Waals surface area contributed by atoms with Crippen LogP contribution in [0.5, 0.6) is 0 Å². The van der Waals surface area contributed by atoms with E-state index >= 15 is 0 Å². The molecule has 5 heavy (non-hydrogen) atoms. The summed E-state index contributed by atoms with van der Waals surface area (Å²) in [5.74, 6) is 0. The monoisotopic (exact) mass is 84.0 g/mol. The van der Waals surface area contributed by atoms with Crippen LogP contribution < -0.4 is 0 Å². The molecular weight excluding hydrogens is 78.9 g/mol. The first-order chi connectivity index (χ1) is 2.27. The van der Waals surface area contributed by atoms with Crippen LogP contribution in [0, 0.1) is 0 Å². The first-order valence-corrected chi connectivity index (χ1v) is 1.81. The first-order valence-electron chi connectivity index (χ1n) is 1.40. The molecule has 0 nitrogen and oxygen atoms in total. The molecule has 0 saturated carbocycles. The molecule has 0 spiro atoms. The number of thiocarbonyl (C=S) groups is 1. The van der Waals surface area contributed by atoms with E-state index in [9.17, 15) is 0 Å². The van der Waals surface area contributed by atoms with Crippen molar-refractivity contribution >= 4 is 30.4 Å². The van der Waals surface area contributed by atoms with Crippen LogP contribution in [0.3, 0.4) is 0 Å². The second-order valence-electron chi connectivity index (χ2n) is 0.815. The first kappa shape index (κ1) is 5.02. The molecule has 0 rings (SSSR count). The van der Waals surface area contributed by atoms with Crippen LogP contribution in [-0.2, 0) is 0 Å². The van der Waals surface area contributed by atoms with E-state index in [4.69, 9.17) is 0 Å². The van der Waals surface area contributed by atoms with Crippen molar-refractivity contribution in [2.75, 3.05) is 0 Å². The van der Waals surface area contributed by atoms with Gasteiger partial charge in [-0.3, -0.25) is 0 Å². The average molecular weight is 84.0 g/mol. The second-order valence-corrected chi connectivity index (χ2v) is 1.46. The Labute approximate surface area is 38.1 Å². The molecule has 0 heterocycles. The Morgan fingerprint density at radius 3 is 2.20 bits per heavy atom. The fourth-order valence-electron chi connectivity index (χ4n) is 0. The maximum atomic E-state index is 4.58. The molecule has 0 aromatic rings. The van der Waals surface area contributed by atoms with Crippen molar-refractivity contribution in [1.82, 2.24) is 0 Å². The Balaban J connectivity index is 3.20. The molecule has 2 heteroatoms. The number of rotatable bonds is 1. The summed E-state index contributed by atoms with van der Waals surface area (Å²) in [4.78, 5) is 0. The maximum absolute atomic E-state index is 4.58. The molecular formula is C3H5BS. The molecule has 0 aliphatic rings. The molecule has 0 fully saturated rings. The fourth-order valence-corrected chi connectivity index (χ4v) is 0. The van der Waals surface area contributed by atoms with E-state index < -0.39 is 0 Å². The summed E-state index contributed by atoms with van der Waals surface area (Å²) in [6, 6.07) is 0. The molecule has 0 amide bonds. The molecule has 0 bridgehead atoms. The Morgan fingerprint density at radius 2 is 2.20 bits per heavy atom. The topological polar surface area (TPSA) is 0 Å². The Bertz CT molecular complexity index is 57.9. The fraction of sp³-hybridized carbons (Fsp3) is 0.333. The van der Waals surface area contributed by atoms with E-state index in [1.165, 1.54) is 0 Å². The predicted octanol–water partition coefficient (Wildman–Crippen LogP) is 0.470. The number of hydrogen-bond acceptors (Lipinski definition) is 1. The third-order valence-corrected chi connectivity index (χ3v) is 0.454. The van der Waals surface area contributed by atoms with Crippen molar-refractivity contribution in [3.8, 4) is 0 Å². The summed E-state index contributed by atoms with van der Waals surface area (Å²) >= 11 is 4.58. The van der Waals surface area contributed by atoms with Crippen LogP contribution in [0.25, 0.3) is 0 Å². The minimum atomic E-state index is 0.852. The van der Waals surface area contributed by atoms with Gasteiger partial charge in [0.05, 0.1) is 0 Å². The SMILES string of the molecule is C=BC(C)=S. The van der Waals surface area contributed by atoms with Gasteiger partial charge in [-0.05, 0) is 0 Å². The second kappa shape index (κ2) is 2.27.